The summed E-state index contributed by atoms with van der Waals surface area (Å²) in [5.74, 6) is 0.123. The number of allylic oxidation sites excluding steroid dienone is 2. The van der Waals surface area contributed by atoms with Crippen molar-refractivity contribution >= 4 is 0 Å². The fraction of sp³-hybridized carbons (Fsp3) is 0.500. The third-order valence-electron chi connectivity index (χ3n) is 1.18. The van der Waals surface area contributed by atoms with Crippen LogP contribution in [0.3, 0.4) is 0 Å². The van der Waals surface area contributed by atoms with E-state index in [0.717, 1.165) is 5.57 Å². The number of aliphatic hydroxyl groups is 3. The van der Waals surface area contributed by atoms with Crippen LogP contribution in [0.15, 0.2) is 23.5 Å². The van der Waals surface area contributed by atoms with Crippen LogP contribution in [0.4, 0.5) is 0 Å². The van der Waals surface area contributed by atoms with Crippen molar-refractivity contribution in [3.05, 3.63) is 23.5 Å². The Morgan fingerprint density at radius 2 is 2.00 bits per heavy atom. The van der Waals surface area contributed by atoms with Crippen molar-refractivity contribution in [1.82, 2.24) is 0 Å². The molecule has 11 heavy (non-hydrogen) atoms. The van der Waals surface area contributed by atoms with E-state index in [-0.39, 0.29) is 12.4 Å². The van der Waals surface area contributed by atoms with Gasteiger partial charge in [0.2, 0.25) is 0 Å². The molecule has 0 heterocycles. The van der Waals surface area contributed by atoms with Gasteiger partial charge in [0.25, 0.3) is 0 Å². The van der Waals surface area contributed by atoms with Crippen LogP contribution in [0.1, 0.15) is 13.8 Å². The minimum atomic E-state index is -0.892. The summed E-state index contributed by atoms with van der Waals surface area (Å²) in [7, 11) is 0. The average Bonchev–Trinajstić information content (AvgIpc) is 1.99. The second kappa shape index (κ2) is 4.93. The minimum Gasteiger partial charge on any atom is -0.508 e. The molecule has 0 amide bonds. The molecule has 0 radical (unpaired) electrons. The molecule has 0 saturated heterocycles. The van der Waals surface area contributed by atoms with Crippen molar-refractivity contribution in [3.8, 4) is 0 Å². The van der Waals surface area contributed by atoms with E-state index in [1.807, 2.05) is 0 Å². The molecule has 3 N–H and O–H groups in total. The first-order chi connectivity index (χ1) is 5.07. The lowest BCUT2D eigenvalue weighted by Crippen LogP contribution is -2.07. The predicted octanol–water partition coefficient (Wildman–Crippen LogP) is 0.748. The van der Waals surface area contributed by atoms with Gasteiger partial charge >= 0.3 is 0 Å². The highest BCUT2D eigenvalue weighted by Crippen LogP contribution is 2.00. The molecule has 1 atom stereocenters. The van der Waals surface area contributed by atoms with Gasteiger partial charge in [-0.3, -0.25) is 0 Å². The third-order valence-corrected chi connectivity index (χ3v) is 1.18. The third kappa shape index (κ3) is 4.58. The van der Waals surface area contributed by atoms with E-state index in [1.165, 1.54) is 12.2 Å². The summed E-state index contributed by atoms with van der Waals surface area (Å²) in [5.41, 5.74) is 0.770. The maximum atomic E-state index is 9.07. The summed E-state index contributed by atoms with van der Waals surface area (Å²) in [4.78, 5) is 0. The Balaban J connectivity index is 4.03. The highest BCUT2D eigenvalue weighted by atomic mass is 16.3. The van der Waals surface area contributed by atoms with Crippen LogP contribution in [0, 0.1) is 0 Å². The number of aliphatic hydroxyl groups excluding tert-OH is 3. The molecule has 0 bridgehead atoms. The van der Waals surface area contributed by atoms with Gasteiger partial charge in [0.15, 0.2) is 0 Å². The number of rotatable bonds is 3. The molecule has 0 aromatic carbocycles. The maximum absolute atomic E-state index is 9.07. The molecule has 0 aliphatic rings. The summed E-state index contributed by atoms with van der Waals surface area (Å²) in [6, 6.07) is 0. The standard InChI is InChI=1S/C8H14O3/c1-6(2)8(11)4-3-7(10)5-9/h3-4,7,9-11H,5H2,1-2H3. The summed E-state index contributed by atoms with van der Waals surface area (Å²) < 4.78 is 0. The van der Waals surface area contributed by atoms with E-state index in [4.69, 9.17) is 15.3 Å². The maximum Gasteiger partial charge on any atom is 0.113 e. The predicted molar refractivity (Wildman–Crippen MR) is 43.2 cm³/mol. The van der Waals surface area contributed by atoms with E-state index < -0.39 is 6.10 Å². The molecule has 0 fully saturated rings. The summed E-state index contributed by atoms with van der Waals surface area (Å²) in [6.07, 6.45) is 1.81. The zero-order valence-electron chi connectivity index (χ0n) is 6.78. The molecular weight excluding hydrogens is 144 g/mol. The summed E-state index contributed by atoms with van der Waals surface area (Å²) in [6.45, 7) is 3.18. The van der Waals surface area contributed by atoms with Crippen molar-refractivity contribution in [2.24, 2.45) is 0 Å². The Kier molecular flexibility index (Phi) is 4.57. The number of hydrogen-bond acceptors (Lipinski definition) is 3. The first kappa shape index (κ1) is 10.2. The first-order valence-corrected chi connectivity index (χ1v) is 3.41. The van der Waals surface area contributed by atoms with Gasteiger partial charge in [-0.25, -0.2) is 0 Å². The van der Waals surface area contributed by atoms with Gasteiger partial charge in [-0.05, 0) is 25.5 Å². The highest BCUT2D eigenvalue weighted by molar-refractivity contribution is 5.16. The fourth-order valence-corrected chi connectivity index (χ4v) is 0.430. The monoisotopic (exact) mass is 158 g/mol. The highest BCUT2D eigenvalue weighted by Gasteiger charge is 1.94. The van der Waals surface area contributed by atoms with E-state index in [2.05, 4.69) is 0 Å². The van der Waals surface area contributed by atoms with Crippen LogP contribution in [0.25, 0.3) is 0 Å². The Bertz CT molecular complexity index is 166. The SMILES string of the molecule is CC(C)=C(O)C=CC(O)CO. The topological polar surface area (TPSA) is 60.7 Å². The smallest absolute Gasteiger partial charge is 0.113 e. The van der Waals surface area contributed by atoms with E-state index in [0.29, 0.717) is 0 Å². The zero-order valence-corrected chi connectivity index (χ0v) is 6.78. The molecule has 0 rings (SSSR count). The van der Waals surface area contributed by atoms with Gasteiger partial charge in [-0.2, -0.15) is 0 Å². The molecule has 0 aromatic heterocycles. The minimum absolute atomic E-state index is 0.123. The molecule has 0 aliphatic carbocycles. The van der Waals surface area contributed by atoms with Crippen LogP contribution in [0.2, 0.25) is 0 Å². The van der Waals surface area contributed by atoms with Crippen LogP contribution in [0.5, 0.6) is 0 Å². The van der Waals surface area contributed by atoms with Gasteiger partial charge in [0.1, 0.15) is 5.76 Å². The lowest BCUT2D eigenvalue weighted by atomic mass is 10.2. The van der Waals surface area contributed by atoms with Crippen LogP contribution < -0.4 is 0 Å². The lowest BCUT2D eigenvalue weighted by Gasteiger charge is -1.98. The molecule has 0 saturated carbocycles. The summed E-state index contributed by atoms with van der Waals surface area (Å²) >= 11 is 0. The lowest BCUT2D eigenvalue weighted by molar-refractivity contribution is 0.131. The van der Waals surface area contributed by atoms with Crippen molar-refractivity contribution in [1.29, 1.82) is 0 Å². The molecule has 0 aliphatic heterocycles. The second-order valence-electron chi connectivity index (χ2n) is 2.49. The van der Waals surface area contributed by atoms with Crippen LogP contribution in [-0.4, -0.2) is 28.0 Å². The zero-order chi connectivity index (χ0) is 8.85. The van der Waals surface area contributed by atoms with E-state index in [1.54, 1.807) is 13.8 Å². The van der Waals surface area contributed by atoms with Gasteiger partial charge in [0, 0.05) is 0 Å². The number of hydrogen-bond donors (Lipinski definition) is 3. The Morgan fingerprint density at radius 1 is 1.45 bits per heavy atom. The van der Waals surface area contributed by atoms with E-state index in [9.17, 15) is 0 Å². The average molecular weight is 158 g/mol. The van der Waals surface area contributed by atoms with Crippen LogP contribution in [-0.2, 0) is 0 Å². The normalized spacial score (nSPS) is 13.5. The van der Waals surface area contributed by atoms with Gasteiger partial charge in [-0.15, -0.1) is 0 Å². The molecular formula is C8H14O3. The Morgan fingerprint density at radius 3 is 2.36 bits per heavy atom. The molecule has 1 unspecified atom stereocenters. The molecule has 64 valence electrons. The largest absolute Gasteiger partial charge is 0.508 e. The fourth-order valence-electron chi connectivity index (χ4n) is 0.430. The first-order valence-electron chi connectivity index (χ1n) is 3.41. The summed E-state index contributed by atoms with van der Waals surface area (Å²) in [5, 5.41) is 26.3. The Labute approximate surface area is 66.3 Å². The second-order valence-corrected chi connectivity index (χ2v) is 2.49. The molecule has 3 nitrogen and oxygen atoms in total. The van der Waals surface area contributed by atoms with Crippen molar-refractivity contribution in [2.45, 2.75) is 20.0 Å². The van der Waals surface area contributed by atoms with E-state index >= 15 is 0 Å². The van der Waals surface area contributed by atoms with Crippen LogP contribution >= 0.6 is 0 Å². The molecule has 0 spiro atoms. The van der Waals surface area contributed by atoms with Gasteiger partial charge in [0.05, 0.1) is 12.7 Å². The van der Waals surface area contributed by atoms with Crippen molar-refractivity contribution in [3.63, 3.8) is 0 Å². The molecule has 3 heteroatoms. The van der Waals surface area contributed by atoms with Gasteiger partial charge < -0.3 is 15.3 Å². The van der Waals surface area contributed by atoms with Crippen molar-refractivity contribution < 1.29 is 15.3 Å². The Hall–Kier alpha value is -0.800. The van der Waals surface area contributed by atoms with Gasteiger partial charge in [-0.1, -0.05) is 6.08 Å². The molecule has 0 aromatic rings. The van der Waals surface area contributed by atoms with Crippen molar-refractivity contribution in [2.75, 3.05) is 6.61 Å². The quantitative estimate of drug-likeness (QED) is 0.419.